The minimum atomic E-state index is -0.644. The first-order valence-electron chi connectivity index (χ1n) is 10.7. The molecule has 1 aromatic rings. The number of aliphatic hydroxyl groups excluding tert-OH is 1. The van der Waals surface area contributed by atoms with Crippen molar-refractivity contribution in [2.75, 3.05) is 26.3 Å². The summed E-state index contributed by atoms with van der Waals surface area (Å²) in [5, 5.41) is 22.2. The molecule has 1 rings (SSSR count). The Bertz CT molecular complexity index is 626. The van der Waals surface area contributed by atoms with E-state index in [1.54, 1.807) is 0 Å². The van der Waals surface area contributed by atoms with E-state index in [9.17, 15) is 5.11 Å². The van der Waals surface area contributed by atoms with Gasteiger partial charge in [-0.1, -0.05) is 58.4 Å². The quantitative estimate of drug-likeness (QED) is 0.409. The molecule has 0 aliphatic carbocycles. The molecule has 0 bridgehead atoms. The van der Waals surface area contributed by atoms with E-state index >= 15 is 0 Å². The molecule has 7 heteroatoms. The van der Waals surface area contributed by atoms with Crippen LogP contribution in [0.5, 0.6) is 0 Å². The van der Waals surface area contributed by atoms with Gasteiger partial charge >= 0.3 is 0 Å². The van der Waals surface area contributed by atoms with E-state index in [1.807, 2.05) is 36.9 Å². The second-order valence-corrected chi connectivity index (χ2v) is 9.87. The monoisotopic (exact) mass is 409 g/mol. The molecular weight excluding hydrogens is 366 g/mol. The van der Waals surface area contributed by atoms with Gasteiger partial charge in [0.05, 0.1) is 30.6 Å². The van der Waals surface area contributed by atoms with Crippen molar-refractivity contribution in [3.8, 4) is 0 Å². The Labute approximate surface area is 177 Å². The fraction of sp³-hybridized carbons (Fsp3) is 0.818. The lowest BCUT2D eigenvalue weighted by atomic mass is 9.89. The summed E-state index contributed by atoms with van der Waals surface area (Å²) in [7, 11) is 0. The number of nitrogens with zero attached hydrogens (tertiary/aromatic N) is 3. The predicted molar refractivity (Wildman–Crippen MR) is 119 cm³/mol. The molecule has 0 saturated heterocycles. The maximum Gasteiger partial charge on any atom is 0.0876 e. The Hall–Kier alpha value is -1.28. The minimum Gasteiger partial charge on any atom is -0.390 e. The molecule has 4 N–H and O–H groups in total. The van der Waals surface area contributed by atoms with Crippen molar-refractivity contribution in [3.63, 3.8) is 0 Å². The van der Waals surface area contributed by atoms with Crippen molar-refractivity contribution >= 4 is 0 Å². The van der Waals surface area contributed by atoms with Gasteiger partial charge in [-0.2, -0.15) is 0 Å². The maximum atomic E-state index is 10.3. The summed E-state index contributed by atoms with van der Waals surface area (Å²) in [5.74, 6) is 0. The summed E-state index contributed by atoms with van der Waals surface area (Å²) < 4.78 is 8.01. The lowest BCUT2D eigenvalue weighted by molar-refractivity contribution is 0.00378. The first kappa shape index (κ1) is 25.8. The average molecular weight is 410 g/mol. The fourth-order valence-corrected chi connectivity index (χ4v) is 3.23. The zero-order valence-electron chi connectivity index (χ0n) is 19.5. The van der Waals surface area contributed by atoms with Gasteiger partial charge in [-0.05, 0) is 20.3 Å². The van der Waals surface area contributed by atoms with Gasteiger partial charge in [0.1, 0.15) is 0 Å². The number of aliphatic hydroxyl groups is 1. The lowest BCUT2D eigenvalue weighted by Gasteiger charge is -2.36. The van der Waals surface area contributed by atoms with E-state index in [1.165, 1.54) is 0 Å². The number of hydrogen-bond acceptors (Lipinski definition) is 6. The Morgan fingerprint density at radius 3 is 2.48 bits per heavy atom. The van der Waals surface area contributed by atoms with Crippen LogP contribution in [-0.4, -0.2) is 58.0 Å². The van der Waals surface area contributed by atoms with Crippen LogP contribution in [0.2, 0.25) is 0 Å². The van der Waals surface area contributed by atoms with E-state index in [-0.39, 0.29) is 17.4 Å². The average Bonchev–Trinajstić information content (AvgIpc) is 3.05. The third kappa shape index (κ3) is 8.95. The Kier molecular flexibility index (Phi) is 9.95. The van der Waals surface area contributed by atoms with E-state index in [2.05, 4.69) is 50.2 Å². The second kappa shape index (κ2) is 11.2. The molecule has 0 radical (unpaired) electrons. The highest BCUT2D eigenvalue weighted by atomic mass is 16.5. The standard InChI is InChI=1S/C22H43N5O2/c1-8-10-18-13-27(26-25-18)15-21(5,6)17-29-16-20(3,4)14-24-22(7,11-9-2)19(28)12-23/h9,11,13,19,24,28H,8,10,12,14-17,23H2,1-7H3. The van der Waals surface area contributed by atoms with E-state index in [4.69, 9.17) is 10.5 Å². The molecule has 0 spiro atoms. The van der Waals surface area contributed by atoms with Gasteiger partial charge in [-0.15, -0.1) is 5.10 Å². The molecule has 1 aromatic heterocycles. The molecule has 0 aromatic carbocycles. The van der Waals surface area contributed by atoms with Crippen LogP contribution in [0.4, 0.5) is 0 Å². The first-order valence-corrected chi connectivity index (χ1v) is 10.7. The van der Waals surface area contributed by atoms with Gasteiger partial charge in [0.25, 0.3) is 0 Å². The number of ether oxygens (including phenoxy) is 1. The van der Waals surface area contributed by atoms with Gasteiger partial charge in [0.15, 0.2) is 0 Å². The van der Waals surface area contributed by atoms with Crippen LogP contribution >= 0.6 is 0 Å². The van der Waals surface area contributed by atoms with Gasteiger partial charge in [0, 0.05) is 36.7 Å². The highest BCUT2D eigenvalue weighted by Gasteiger charge is 2.31. The van der Waals surface area contributed by atoms with E-state index in [0.717, 1.165) is 25.1 Å². The van der Waals surface area contributed by atoms with E-state index < -0.39 is 11.6 Å². The summed E-state index contributed by atoms with van der Waals surface area (Å²) in [5.41, 5.74) is 6.03. The Balaban J connectivity index is 2.52. The molecule has 0 aliphatic heterocycles. The normalized spacial score (nSPS) is 16.3. The Morgan fingerprint density at radius 2 is 1.90 bits per heavy atom. The number of nitrogens with two attached hydrogens (primary N) is 1. The molecule has 29 heavy (non-hydrogen) atoms. The van der Waals surface area contributed by atoms with Crippen LogP contribution < -0.4 is 11.1 Å². The zero-order chi connectivity index (χ0) is 22.1. The molecule has 0 saturated carbocycles. The highest BCUT2D eigenvalue weighted by molar-refractivity contribution is 5.08. The molecule has 0 fully saturated rings. The molecule has 0 amide bonds. The fourth-order valence-electron chi connectivity index (χ4n) is 3.23. The lowest BCUT2D eigenvalue weighted by Crippen LogP contribution is -2.56. The largest absolute Gasteiger partial charge is 0.390 e. The predicted octanol–water partition coefficient (Wildman–Crippen LogP) is 2.54. The van der Waals surface area contributed by atoms with Gasteiger partial charge in [0.2, 0.25) is 0 Å². The van der Waals surface area contributed by atoms with Crippen LogP contribution in [0, 0.1) is 10.8 Å². The van der Waals surface area contributed by atoms with Crippen LogP contribution in [0.3, 0.4) is 0 Å². The number of hydrogen-bond donors (Lipinski definition) is 3. The van der Waals surface area contributed by atoms with Crippen LogP contribution in [-0.2, 0) is 17.7 Å². The third-order valence-corrected chi connectivity index (χ3v) is 5.04. The molecular formula is C22H43N5O2. The smallest absolute Gasteiger partial charge is 0.0876 e. The maximum absolute atomic E-state index is 10.3. The molecule has 7 nitrogen and oxygen atoms in total. The summed E-state index contributed by atoms with van der Waals surface area (Å²) in [6, 6.07) is 0. The summed E-state index contributed by atoms with van der Waals surface area (Å²) in [6.45, 7) is 17.7. The van der Waals surface area contributed by atoms with Crippen molar-refractivity contribution < 1.29 is 9.84 Å². The van der Waals surface area contributed by atoms with Crippen LogP contribution in [0.1, 0.15) is 60.6 Å². The van der Waals surface area contributed by atoms with Crippen molar-refractivity contribution in [3.05, 3.63) is 24.0 Å². The number of allylic oxidation sites excluding steroid dienone is 1. The Morgan fingerprint density at radius 1 is 1.24 bits per heavy atom. The van der Waals surface area contributed by atoms with Gasteiger partial charge < -0.3 is 20.9 Å². The molecule has 2 unspecified atom stereocenters. The summed E-state index contributed by atoms with van der Waals surface area (Å²) in [6.07, 6.45) is 7.33. The van der Waals surface area contributed by atoms with Crippen LogP contribution in [0.15, 0.2) is 18.3 Å². The number of aromatic nitrogens is 3. The second-order valence-electron chi connectivity index (χ2n) is 9.87. The van der Waals surface area contributed by atoms with Crippen molar-refractivity contribution in [2.45, 2.75) is 79.5 Å². The highest BCUT2D eigenvalue weighted by Crippen LogP contribution is 2.22. The zero-order valence-corrected chi connectivity index (χ0v) is 19.5. The van der Waals surface area contributed by atoms with Crippen molar-refractivity contribution in [1.29, 1.82) is 0 Å². The van der Waals surface area contributed by atoms with Gasteiger partial charge in [-0.25, -0.2) is 0 Å². The molecule has 2 atom stereocenters. The molecule has 168 valence electrons. The van der Waals surface area contributed by atoms with E-state index in [0.29, 0.717) is 19.8 Å². The minimum absolute atomic E-state index is 0.0457. The molecule has 1 heterocycles. The van der Waals surface area contributed by atoms with Gasteiger partial charge in [-0.3, -0.25) is 4.68 Å². The number of aryl methyl sites for hydroxylation is 1. The summed E-state index contributed by atoms with van der Waals surface area (Å²) in [4.78, 5) is 0. The summed E-state index contributed by atoms with van der Waals surface area (Å²) >= 11 is 0. The molecule has 0 aliphatic rings. The van der Waals surface area contributed by atoms with Crippen molar-refractivity contribution in [2.24, 2.45) is 16.6 Å². The first-order chi connectivity index (χ1) is 13.5. The van der Waals surface area contributed by atoms with Crippen LogP contribution in [0.25, 0.3) is 0 Å². The van der Waals surface area contributed by atoms with Crippen molar-refractivity contribution in [1.82, 2.24) is 20.3 Å². The topological polar surface area (TPSA) is 98.2 Å². The number of nitrogens with one attached hydrogen (secondary N) is 1. The third-order valence-electron chi connectivity index (χ3n) is 5.04. The number of rotatable bonds is 14. The SMILES string of the molecule is CC=CC(C)(NCC(C)(C)COCC(C)(C)Cn1cc(CCC)nn1)C(O)CN.